The number of hydrogen-bond acceptors (Lipinski definition) is 2. The molecule has 0 bridgehead atoms. The number of benzene rings is 3. The molecular weight excluding hydrogens is 363 g/mol. The van der Waals surface area contributed by atoms with E-state index >= 15 is 0 Å². The maximum Gasteiger partial charge on any atom is 0.0496 e. The van der Waals surface area contributed by atoms with Crippen molar-refractivity contribution in [3.05, 3.63) is 70.2 Å². The Balaban J connectivity index is 1.81. The van der Waals surface area contributed by atoms with Crippen LogP contribution in [0.3, 0.4) is 0 Å². The second kappa shape index (κ2) is 6.10. The Bertz CT molecular complexity index is 905. The van der Waals surface area contributed by atoms with Gasteiger partial charge in [0, 0.05) is 35.2 Å². The standard InChI is InChI=1S/C19H12Cl2S2/c1-11-7-16-18(9-14(11)20)23-17-8-13(12-5-3-2-4-6-12)15(21)10-19(17)22-16/h2-10H,1H3. The van der Waals surface area contributed by atoms with Crippen LogP contribution >= 0.6 is 46.7 Å². The lowest BCUT2D eigenvalue weighted by Crippen LogP contribution is -1.92. The van der Waals surface area contributed by atoms with Crippen molar-refractivity contribution in [3.8, 4) is 11.1 Å². The van der Waals surface area contributed by atoms with E-state index in [-0.39, 0.29) is 0 Å². The lowest BCUT2D eigenvalue weighted by Gasteiger charge is -2.21. The highest BCUT2D eigenvalue weighted by Gasteiger charge is 2.20. The van der Waals surface area contributed by atoms with Gasteiger partial charge in [0.25, 0.3) is 0 Å². The van der Waals surface area contributed by atoms with Gasteiger partial charge in [0.05, 0.1) is 0 Å². The van der Waals surface area contributed by atoms with Crippen LogP contribution in [0.2, 0.25) is 10.0 Å². The largest absolute Gasteiger partial charge is 0.0877 e. The van der Waals surface area contributed by atoms with E-state index in [1.807, 2.05) is 25.1 Å². The predicted molar refractivity (Wildman–Crippen MR) is 101 cm³/mol. The zero-order valence-corrected chi connectivity index (χ0v) is 15.4. The average Bonchev–Trinajstić information content (AvgIpc) is 2.55. The Morgan fingerprint density at radius 1 is 0.696 bits per heavy atom. The van der Waals surface area contributed by atoms with Gasteiger partial charge in [0.15, 0.2) is 0 Å². The molecule has 0 radical (unpaired) electrons. The first-order valence-electron chi connectivity index (χ1n) is 7.16. The van der Waals surface area contributed by atoms with Gasteiger partial charge in [-0.25, -0.2) is 0 Å². The highest BCUT2D eigenvalue weighted by atomic mass is 35.5. The van der Waals surface area contributed by atoms with E-state index < -0.39 is 0 Å². The molecule has 4 heteroatoms. The summed E-state index contributed by atoms with van der Waals surface area (Å²) in [6.07, 6.45) is 0. The van der Waals surface area contributed by atoms with Gasteiger partial charge in [0.1, 0.15) is 0 Å². The van der Waals surface area contributed by atoms with Crippen molar-refractivity contribution in [2.45, 2.75) is 26.5 Å². The van der Waals surface area contributed by atoms with Crippen molar-refractivity contribution in [2.24, 2.45) is 0 Å². The molecule has 1 aliphatic rings. The Kier molecular flexibility index (Phi) is 4.10. The lowest BCUT2D eigenvalue weighted by atomic mass is 10.1. The van der Waals surface area contributed by atoms with E-state index in [0.29, 0.717) is 0 Å². The molecule has 0 atom stereocenters. The Morgan fingerprint density at radius 3 is 1.96 bits per heavy atom. The Morgan fingerprint density at radius 2 is 1.26 bits per heavy atom. The van der Waals surface area contributed by atoms with E-state index in [0.717, 1.165) is 26.7 Å². The molecule has 0 saturated heterocycles. The Labute approximate surface area is 154 Å². The van der Waals surface area contributed by atoms with E-state index in [9.17, 15) is 0 Å². The SMILES string of the molecule is Cc1cc2c(cc1Cl)Sc1cc(-c3ccccc3)c(Cl)cc1S2. The molecule has 0 aromatic heterocycles. The minimum absolute atomic E-state index is 0.789. The molecule has 0 amide bonds. The van der Waals surface area contributed by atoms with Crippen molar-refractivity contribution in [1.82, 2.24) is 0 Å². The van der Waals surface area contributed by atoms with Gasteiger partial charge < -0.3 is 0 Å². The fourth-order valence-electron chi connectivity index (χ4n) is 2.57. The molecule has 0 aliphatic carbocycles. The third-order valence-electron chi connectivity index (χ3n) is 3.78. The molecule has 4 rings (SSSR count). The first kappa shape index (κ1) is 15.5. The van der Waals surface area contributed by atoms with E-state index in [4.69, 9.17) is 23.2 Å². The highest BCUT2D eigenvalue weighted by Crippen LogP contribution is 2.51. The molecular formula is C19H12Cl2S2. The summed E-state index contributed by atoms with van der Waals surface area (Å²) in [5, 5.41) is 1.61. The fourth-order valence-corrected chi connectivity index (χ4v) is 5.51. The summed E-state index contributed by atoms with van der Waals surface area (Å²) < 4.78 is 0. The first-order chi connectivity index (χ1) is 11.1. The van der Waals surface area contributed by atoms with Gasteiger partial charge in [-0.2, -0.15) is 0 Å². The number of hydrogen-bond donors (Lipinski definition) is 0. The second-order valence-corrected chi connectivity index (χ2v) is 8.38. The summed E-state index contributed by atoms with van der Waals surface area (Å²) in [6, 6.07) is 18.7. The maximum atomic E-state index is 6.54. The minimum Gasteiger partial charge on any atom is -0.0877 e. The average molecular weight is 375 g/mol. The summed E-state index contributed by atoms with van der Waals surface area (Å²) >= 11 is 16.3. The van der Waals surface area contributed by atoms with E-state index in [1.165, 1.54) is 19.6 Å². The highest BCUT2D eigenvalue weighted by molar-refractivity contribution is 8.05. The summed E-state index contributed by atoms with van der Waals surface area (Å²) in [6.45, 7) is 2.04. The van der Waals surface area contributed by atoms with Crippen molar-refractivity contribution in [3.63, 3.8) is 0 Å². The van der Waals surface area contributed by atoms with Crippen molar-refractivity contribution < 1.29 is 0 Å². The van der Waals surface area contributed by atoms with Gasteiger partial charge >= 0.3 is 0 Å². The first-order valence-corrected chi connectivity index (χ1v) is 9.55. The second-order valence-electron chi connectivity index (χ2n) is 5.40. The lowest BCUT2D eigenvalue weighted by molar-refractivity contribution is 1.14. The summed E-state index contributed by atoms with van der Waals surface area (Å²) in [5.74, 6) is 0. The van der Waals surface area contributed by atoms with Crippen molar-refractivity contribution in [1.29, 1.82) is 0 Å². The van der Waals surface area contributed by atoms with E-state index in [1.54, 1.807) is 23.5 Å². The van der Waals surface area contributed by atoms with Crippen LogP contribution in [0.1, 0.15) is 5.56 Å². The van der Waals surface area contributed by atoms with Crippen LogP contribution in [0.25, 0.3) is 11.1 Å². The van der Waals surface area contributed by atoms with Crippen LogP contribution in [0, 0.1) is 6.92 Å². The maximum absolute atomic E-state index is 6.54. The van der Waals surface area contributed by atoms with Crippen LogP contribution in [0.4, 0.5) is 0 Å². The summed E-state index contributed by atoms with van der Waals surface area (Å²) in [5.41, 5.74) is 3.31. The number of fused-ring (bicyclic) bond motifs is 2. The Hall–Kier alpha value is -1.06. The van der Waals surface area contributed by atoms with Crippen molar-refractivity contribution in [2.75, 3.05) is 0 Å². The van der Waals surface area contributed by atoms with Crippen molar-refractivity contribution >= 4 is 46.7 Å². The molecule has 114 valence electrons. The number of rotatable bonds is 1. The monoisotopic (exact) mass is 374 g/mol. The molecule has 0 fully saturated rings. The van der Waals surface area contributed by atoms with Gasteiger partial charge in [-0.15, -0.1) is 0 Å². The van der Waals surface area contributed by atoms with Crippen LogP contribution < -0.4 is 0 Å². The molecule has 0 unspecified atom stereocenters. The molecule has 0 nitrogen and oxygen atoms in total. The number of halogens is 2. The third kappa shape index (κ3) is 2.89. The molecule has 0 N–H and O–H groups in total. The van der Waals surface area contributed by atoms with Crippen LogP contribution in [0.15, 0.2) is 74.2 Å². The third-order valence-corrected chi connectivity index (χ3v) is 6.99. The zero-order valence-electron chi connectivity index (χ0n) is 12.3. The molecule has 3 aromatic carbocycles. The van der Waals surface area contributed by atoms with Gasteiger partial charge in [0.2, 0.25) is 0 Å². The molecule has 0 spiro atoms. The predicted octanol–water partition coefficient (Wildman–Crippen LogP) is 7.58. The van der Waals surface area contributed by atoms with Crippen LogP contribution in [0.5, 0.6) is 0 Å². The van der Waals surface area contributed by atoms with Gasteiger partial charge in [-0.3, -0.25) is 0 Å². The van der Waals surface area contributed by atoms with E-state index in [2.05, 4.69) is 36.4 Å². The molecule has 1 heterocycles. The fraction of sp³-hybridized carbons (Fsp3) is 0.0526. The van der Waals surface area contributed by atoms with Crippen LogP contribution in [-0.4, -0.2) is 0 Å². The van der Waals surface area contributed by atoms with Crippen LogP contribution in [-0.2, 0) is 0 Å². The minimum atomic E-state index is 0.789. The molecule has 0 saturated carbocycles. The summed E-state index contributed by atoms with van der Waals surface area (Å²) in [7, 11) is 0. The molecule has 3 aromatic rings. The number of aryl methyl sites for hydroxylation is 1. The van der Waals surface area contributed by atoms with Gasteiger partial charge in [-0.1, -0.05) is 77.1 Å². The quantitative estimate of drug-likeness (QED) is 0.336. The topological polar surface area (TPSA) is 0 Å². The molecule has 23 heavy (non-hydrogen) atoms. The zero-order chi connectivity index (χ0) is 16.0. The smallest absolute Gasteiger partial charge is 0.0496 e. The van der Waals surface area contributed by atoms with Gasteiger partial charge in [-0.05, 0) is 42.3 Å². The molecule has 1 aliphatic heterocycles. The summed E-state index contributed by atoms with van der Waals surface area (Å²) in [4.78, 5) is 4.88. The normalized spacial score (nSPS) is 12.7.